The SMILES string of the molecule is Cc1nc2cc(Cl)ccn2c1C(=O)Nc1nccs1. The highest BCUT2D eigenvalue weighted by molar-refractivity contribution is 7.13. The maximum atomic E-state index is 12.3. The predicted octanol–water partition coefficient (Wildman–Crippen LogP) is 3.00. The van der Waals surface area contributed by atoms with Crippen molar-refractivity contribution in [1.82, 2.24) is 14.4 Å². The number of hydrogen-bond acceptors (Lipinski definition) is 4. The van der Waals surface area contributed by atoms with Crippen LogP contribution in [0.4, 0.5) is 5.13 Å². The fraction of sp³-hybridized carbons (Fsp3) is 0.0833. The number of carbonyl (C=O) groups is 1. The van der Waals surface area contributed by atoms with Gasteiger partial charge in [0.05, 0.1) is 5.69 Å². The van der Waals surface area contributed by atoms with Crippen molar-refractivity contribution in [3.63, 3.8) is 0 Å². The predicted molar refractivity (Wildman–Crippen MR) is 75.0 cm³/mol. The molecule has 5 nitrogen and oxygen atoms in total. The summed E-state index contributed by atoms with van der Waals surface area (Å²) in [6.07, 6.45) is 3.37. The molecule has 0 radical (unpaired) electrons. The van der Waals surface area contributed by atoms with Crippen molar-refractivity contribution >= 4 is 39.6 Å². The molecule has 0 aliphatic heterocycles. The van der Waals surface area contributed by atoms with Crippen molar-refractivity contribution < 1.29 is 4.79 Å². The van der Waals surface area contributed by atoms with Gasteiger partial charge in [-0.25, -0.2) is 9.97 Å². The first-order valence-electron chi connectivity index (χ1n) is 5.50. The zero-order valence-corrected chi connectivity index (χ0v) is 11.5. The van der Waals surface area contributed by atoms with Gasteiger partial charge < -0.3 is 0 Å². The smallest absolute Gasteiger partial charge is 0.276 e. The Bertz CT molecular complexity index is 751. The lowest BCUT2D eigenvalue weighted by molar-refractivity contribution is 0.102. The van der Waals surface area contributed by atoms with Gasteiger partial charge in [-0.1, -0.05) is 11.6 Å². The Morgan fingerprint density at radius 2 is 2.37 bits per heavy atom. The lowest BCUT2D eigenvalue weighted by Crippen LogP contribution is -2.15. The molecule has 0 spiro atoms. The second-order valence-electron chi connectivity index (χ2n) is 3.91. The number of fused-ring (bicyclic) bond motifs is 1. The average Bonchev–Trinajstić information content (AvgIpc) is 2.95. The lowest BCUT2D eigenvalue weighted by atomic mass is 10.3. The number of halogens is 1. The van der Waals surface area contributed by atoms with Crippen LogP contribution in [-0.2, 0) is 0 Å². The van der Waals surface area contributed by atoms with Crippen molar-refractivity contribution in [3.8, 4) is 0 Å². The molecule has 0 saturated heterocycles. The zero-order chi connectivity index (χ0) is 13.4. The Balaban J connectivity index is 2.04. The van der Waals surface area contributed by atoms with E-state index in [0.717, 1.165) is 0 Å². The van der Waals surface area contributed by atoms with Gasteiger partial charge >= 0.3 is 0 Å². The fourth-order valence-corrected chi connectivity index (χ4v) is 2.53. The molecule has 3 heterocycles. The summed E-state index contributed by atoms with van der Waals surface area (Å²) in [6, 6.07) is 3.44. The van der Waals surface area contributed by atoms with E-state index in [9.17, 15) is 4.79 Å². The van der Waals surface area contributed by atoms with Gasteiger partial charge in [0.1, 0.15) is 11.3 Å². The number of hydrogen-bond donors (Lipinski definition) is 1. The second kappa shape index (κ2) is 4.64. The Hall–Kier alpha value is -1.92. The number of imidazole rings is 1. The van der Waals surface area contributed by atoms with E-state index in [0.29, 0.717) is 27.2 Å². The number of rotatable bonds is 2. The molecule has 0 saturated carbocycles. The Labute approximate surface area is 117 Å². The minimum absolute atomic E-state index is 0.234. The van der Waals surface area contributed by atoms with Gasteiger partial charge in [-0.2, -0.15) is 0 Å². The topological polar surface area (TPSA) is 59.3 Å². The molecule has 3 aromatic heterocycles. The number of thiazole rings is 1. The summed E-state index contributed by atoms with van der Waals surface area (Å²) in [5.74, 6) is -0.234. The van der Waals surface area contributed by atoms with Crippen molar-refractivity contribution in [1.29, 1.82) is 0 Å². The molecular formula is C12H9ClN4OS. The fourth-order valence-electron chi connectivity index (χ4n) is 1.85. The van der Waals surface area contributed by atoms with E-state index in [4.69, 9.17) is 11.6 Å². The summed E-state index contributed by atoms with van der Waals surface area (Å²) in [5.41, 5.74) is 1.78. The Morgan fingerprint density at radius 3 is 3.11 bits per heavy atom. The van der Waals surface area contributed by atoms with Gasteiger partial charge in [0.15, 0.2) is 5.13 Å². The third-order valence-electron chi connectivity index (χ3n) is 2.63. The van der Waals surface area contributed by atoms with E-state index < -0.39 is 0 Å². The summed E-state index contributed by atoms with van der Waals surface area (Å²) >= 11 is 7.28. The van der Waals surface area contributed by atoms with Crippen LogP contribution in [0.2, 0.25) is 5.02 Å². The van der Waals surface area contributed by atoms with Crippen LogP contribution < -0.4 is 5.32 Å². The van der Waals surface area contributed by atoms with E-state index >= 15 is 0 Å². The molecule has 0 aliphatic rings. The van der Waals surface area contributed by atoms with Crippen LogP contribution in [0.1, 0.15) is 16.2 Å². The standard InChI is InChI=1S/C12H9ClN4OS/c1-7-10(11(18)16-12-14-3-5-19-12)17-4-2-8(13)6-9(17)15-7/h2-6H,1H3,(H,14,16,18). The summed E-state index contributed by atoms with van der Waals surface area (Å²) in [6.45, 7) is 1.79. The number of carbonyl (C=O) groups excluding carboxylic acids is 1. The number of pyridine rings is 1. The van der Waals surface area contributed by atoms with Gasteiger partial charge in [-0.15, -0.1) is 11.3 Å². The van der Waals surface area contributed by atoms with Crippen LogP contribution >= 0.6 is 22.9 Å². The van der Waals surface area contributed by atoms with E-state index in [-0.39, 0.29) is 5.91 Å². The van der Waals surface area contributed by atoms with Crippen LogP contribution in [0.5, 0.6) is 0 Å². The quantitative estimate of drug-likeness (QED) is 0.790. The lowest BCUT2D eigenvalue weighted by Gasteiger charge is -2.03. The maximum absolute atomic E-state index is 12.3. The molecule has 0 atom stereocenters. The summed E-state index contributed by atoms with van der Waals surface area (Å²) < 4.78 is 1.71. The van der Waals surface area contributed by atoms with Crippen LogP contribution in [-0.4, -0.2) is 20.3 Å². The molecule has 7 heteroatoms. The first-order chi connectivity index (χ1) is 9.15. The third kappa shape index (κ3) is 2.20. The molecule has 19 heavy (non-hydrogen) atoms. The molecule has 3 rings (SSSR count). The van der Waals surface area contributed by atoms with Gasteiger partial charge in [0.25, 0.3) is 5.91 Å². The van der Waals surface area contributed by atoms with E-state index in [1.165, 1.54) is 11.3 Å². The molecule has 1 amide bonds. The molecule has 0 bridgehead atoms. The Kier molecular flexibility index (Phi) is 2.96. The van der Waals surface area contributed by atoms with Crippen molar-refractivity contribution in [2.45, 2.75) is 6.92 Å². The second-order valence-corrected chi connectivity index (χ2v) is 5.24. The summed E-state index contributed by atoms with van der Waals surface area (Å²) in [5, 5.41) is 5.70. The van der Waals surface area contributed by atoms with E-state index in [1.54, 1.807) is 41.2 Å². The minimum Gasteiger partial charge on any atom is -0.296 e. The molecule has 3 aromatic rings. The molecule has 0 fully saturated rings. The van der Waals surface area contributed by atoms with Crippen molar-refractivity contribution in [3.05, 3.63) is 46.3 Å². The van der Waals surface area contributed by atoms with Gasteiger partial charge in [-0.05, 0) is 13.0 Å². The first-order valence-corrected chi connectivity index (χ1v) is 6.76. The third-order valence-corrected chi connectivity index (χ3v) is 3.55. The average molecular weight is 293 g/mol. The largest absolute Gasteiger partial charge is 0.296 e. The van der Waals surface area contributed by atoms with Crippen molar-refractivity contribution in [2.24, 2.45) is 0 Å². The highest BCUT2D eigenvalue weighted by atomic mass is 35.5. The highest BCUT2D eigenvalue weighted by Crippen LogP contribution is 2.18. The number of nitrogens with one attached hydrogen (secondary N) is 1. The molecular weight excluding hydrogens is 284 g/mol. The number of aromatic nitrogens is 3. The van der Waals surface area contributed by atoms with Gasteiger partial charge in [-0.3, -0.25) is 14.5 Å². The monoisotopic (exact) mass is 292 g/mol. The molecule has 0 aromatic carbocycles. The zero-order valence-electron chi connectivity index (χ0n) is 9.92. The van der Waals surface area contributed by atoms with Crippen LogP contribution in [0.15, 0.2) is 29.9 Å². The molecule has 96 valence electrons. The normalized spacial score (nSPS) is 10.8. The van der Waals surface area contributed by atoms with E-state index in [1.807, 2.05) is 0 Å². The van der Waals surface area contributed by atoms with E-state index in [2.05, 4.69) is 15.3 Å². The van der Waals surface area contributed by atoms with Crippen molar-refractivity contribution in [2.75, 3.05) is 5.32 Å². The number of amides is 1. The minimum atomic E-state index is -0.234. The summed E-state index contributed by atoms with van der Waals surface area (Å²) in [7, 11) is 0. The van der Waals surface area contributed by atoms with Gasteiger partial charge in [0, 0.05) is 28.9 Å². The van der Waals surface area contributed by atoms with Crippen LogP contribution in [0, 0.1) is 6.92 Å². The number of nitrogens with zero attached hydrogens (tertiary/aromatic N) is 3. The summed E-state index contributed by atoms with van der Waals surface area (Å²) in [4.78, 5) is 20.6. The molecule has 0 aliphatic carbocycles. The van der Waals surface area contributed by atoms with Crippen LogP contribution in [0.3, 0.4) is 0 Å². The number of anilines is 1. The molecule has 1 N–H and O–H groups in total. The highest BCUT2D eigenvalue weighted by Gasteiger charge is 2.17. The molecule has 0 unspecified atom stereocenters. The van der Waals surface area contributed by atoms with Crippen LogP contribution in [0.25, 0.3) is 5.65 Å². The van der Waals surface area contributed by atoms with Gasteiger partial charge in [0.2, 0.25) is 0 Å². The Morgan fingerprint density at radius 1 is 1.53 bits per heavy atom. The maximum Gasteiger partial charge on any atom is 0.276 e. The number of aryl methyl sites for hydroxylation is 1. The first kappa shape index (κ1) is 12.1.